The van der Waals surface area contributed by atoms with Gasteiger partial charge in [-0.05, 0) is 24.7 Å². The molecule has 14 nitrogen and oxygen atoms in total. The maximum atomic E-state index is 13.0. The lowest BCUT2D eigenvalue weighted by atomic mass is 9.97. The molecule has 2 aliphatic heterocycles. The third-order valence-corrected chi connectivity index (χ3v) is 8.38. The fourth-order valence-electron chi connectivity index (χ4n) is 5.07. The quantitative estimate of drug-likeness (QED) is 0.104. The Balaban J connectivity index is 2.34. The van der Waals surface area contributed by atoms with Gasteiger partial charge in [-0.15, -0.1) is 0 Å². The largest absolute Gasteiger partial charge is 0.463 e. The minimum absolute atomic E-state index is 0.00387. The molecule has 2 fully saturated rings. The van der Waals surface area contributed by atoms with Crippen molar-refractivity contribution >= 4 is 17.9 Å². The van der Waals surface area contributed by atoms with Gasteiger partial charge in [-0.25, -0.2) is 0 Å². The van der Waals surface area contributed by atoms with Crippen molar-refractivity contribution in [3.8, 4) is 0 Å². The molecule has 0 aromatic heterocycles. The number of carbonyl (C=O) groups is 3. The Morgan fingerprint density at radius 1 is 0.841 bits per heavy atom. The molecule has 0 bridgehead atoms. The first-order chi connectivity index (χ1) is 20.8. The molecular weight excluding hydrogens is 584 g/mol. The summed E-state index contributed by atoms with van der Waals surface area (Å²) >= 11 is 0. The van der Waals surface area contributed by atoms with Crippen LogP contribution in [0.5, 0.6) is 0 Å². The summed E-state index contributed by atoms with van der Waals surface area (Å²) in [4.78, 5) is 37.1. The van der Waals surface area contributed by atoms with Crippen molar-refractivity contribution in [2.24, 2.45) is 11.8 Å². The Labute approximate surface area is 258 Å². The molecule has 2 unspecified atom stereocenters. The Morgan fingerprint density at radius 3 is 1.86 bits per heavy atom. The molecule has 14 heteroatoms. The van der Waals surface area contributed by atoms with E-state index in [4.69, 9.17) is 28.4 Å². The second-order valence-corrected chi connectivity index (χ2v) is 11.9. The molecule has 0 aliphatic carbocycles. The topological polar surface area (TPSA) is 208 Å². The van der Waals surface area contributed by atoms with Crippen LogP contribution in [-0.4, -0.2) is 118 Å². The minimum atomic E-state index is -2.37. The van der Waals surface area contributed by atoms with E-state index in [2.05, 4.69) is 13.8 Å². The molecule has 0 radical (unpaired) electrons. The van der Waals surface area contributed by atoms with Gasteiger partial charge < -0.3 is 54.0 Å². The van der Waals surface area contributed by atoms with Crippen molar-refractivity contribution in [3.05, 3.63) is 0 Å². The van der Waals surface area contributed by atoms with Crippen molar-refractivity contribution in [2.45, 2.75) is 141 Å². The third-order valence-electron chi connectivity index (χ3n) is 8.38. The number of rotatable bonds is 18. The molecule has 0 amide bonds. The second-order valence-electron chi connectivity index (χ2n) is 11.9. The normalized spacial score (nSPS) is 33.4. The van der Waals surface area contributed by atoms with Gasteiger partial charge in [-0.3, -0.25) is 14.4 Å². The van der Waals surface area contributed by atoms with Crippen molar-refractivity contribution < 1.29 is 68.3 Å². The standard InChI is InChI=1S/C30H52O14/c1-6-17(3)10-8-12-22(34)41-26-24(36)20(14-31)40-29(27(26)42-23(35)13-9-11-18(4)7-2)44-30(16-32)28(38)25(37)21(43-30)15-39-19(5)33/h17-18,20-21,24-29,31-32,36-38H,6-16H2,1-5H3/t17?,18?,20-,21-,24-,25-,26+,27-,28+,29-,30+/m1/s1. The lowest BCUT2D eigenvalue weighted by molar-refractivity contribution is -0.384. The summed E-state index contributed by atoms with van der Waals surface area (Å²) in [5, 5.41) is 52.6. The average Bonchev–Trinajstić information content (AvgIpc) is 3.23. The van der Waals surface area contributed by atoms with Crippen LogP contribution in [0.3, 0.4) is 0 Å². The molecule has 0 aromatic carbocycles. The zero-order valence-corrected chi connectivity index (χ0v) is 26.5. The number of hydrogen-bond donors (Lipinski definition) is 5. The number of aliphatic hydroxyl groups is 5. The Morgan fingerprint density at radius 2 is 1.39 bits per heavy atom. The zero-order valence-electron chi connectivity index (χ0n) is 26.5. The number of ether oxygens (including phenoxy) is 6. The summed E-state index contributed by atoms with van der Waals surface area (Å²) in [5.74, 6) is -3.67. The van der Waals surface area contributed by atoms with Gasteiger partial charge in [-0.1, -0.05) is 53.4 Å². The fourth-order valence-corrected chi connectivity index (χ4v) is 5.07. The molecular formula is C30H52O14. The minimum Gasteiger partial charge on any atom is -0.463 e. The zero-order chi connectivity index (χ0) is 33.0. The molecule has 256 valence electrons. The number of hydrogen-bond acceptors (Lipinski definition) is 14. The Bertz CT molecular complexity index is 901. The van der Waals surface area contributed by atoms with E-state index in [0.29, 0.717) is 24.7 Å². The van der Waals surface area contributed by atoms with Gasteiger partial charge in [0.05, 0.1) is 6.61 Å². The lowest BCUT2D eigenvalue weighted by Gasteiger charge is -2.45. The molecule has 0 saturated carbocycles. The highest BCUT2D eigenvalue weighted by molar-refractivity contribution is 5.71. The lowest BCUT2D eigenvalue weighted by Crippen LogP contribution is -2.64. The van der Waals surface area contributed by atoms with Crippen LogP contribution in [-0.2, 0) is 42.8 Å². The SMILES string of the molecule is CCC(C)CCCC(=O)O[C@H]1[C@@H](O[C@]2(CO)O[C@H](COC(C)=O)[C@@H](O)[C@@H]2O)O[C@H](CO)[C@@H](O)[C@@H]1OC(=O)CCCC(C)CC. The van der Waals surface area contributed by atoms with Gasteiger partial charge >= 0.3 is 17.9 Å². The van der Waals surface area contributed by atoms with Crippen LogP contribution in [0.1, 0.15) is 86.0 Å². The van der Waals surface area contributed by atoms with Gasteiger partial charge in [0.1, 0.15) is 43.7 Å². The van der Waals surface area contributed by atoms with E-state index in [-0.39, 0.29) is 12.8 Å². The molecule has 2 saturated heterocycles. The fraction of sp³-hybridized carbons (Fsp3) is 0.900. The number of aliphatic hydroxyl groups excluding tert-OH is 5. The number of carbonyl (C=O) groups excluding carboxylic acids is 3. The average molecular weight is 637 g/mol. The van der Waals surface area contributed by atoms with Crippen LogP contribution < -0.4 is 0 Å². The van der Waals surface area contributed by atoms with Gasteiger partial charge in [0, 0.05) is 19.8 Å². The summed E-state index contributed by atoms with van der Waals surface area (Å²) in [7, 11) is 0. The predicted octanol–water partition coefficient (Wildman–Crippen LogP) is 0.710. The summed E-state index contributed by atoms with van der Waals surface area (Å²) in [6, 6.07) is 0. The summed E-state index contributed by atoms with van der Waals surface area (Å²) in [5.41, 5.74) is 0. The summed E-state index contributed by atoms with van der Waals surface area (Å²) in [6.45, 7) is 7.05. The molecule has 0 aromatic rings. The van der Waals surface area contributed by atoms with E-state index in [1.54, 1.807) is 0 Å². The predicted molar refractivity (Wildman–Crippen MR) is 153 cm³/mol. The highest BCUT2D eigenvalue weighted by Gasteiger charge is 2.60. The van der Waals surface area contributed by atoms with Gasteiger partial charge in [-0.2, -0.15) is 0 Å². The van der Waals surface area contributed by atoms with Crippen molar-refractivity contribution in [3.63, 3.8) is 0 Å². The van der Waals surface area contributed by atoms with E-state index in [9.17, 15) is 39.9 Å². The molecule has 2 rings (SSSR count). The molecule has 2 aliphatic rings. The first kappa shape index (κ1) is 38.3. The second kappa shape index (κ2) is 18.3. The van der Waals surface area contributed by atoms with Crippen molar-refractivity contribution in [2.75, 3.05) is 19.8 Å². The highest BCUT2D eigenvalue weighted by atomic mass is 16.8. The van der Waals surface area contributed by atoms with Crippen LogP contribution in [0.4, 0.5) is 0 Å². The van der Waals surface area contributed by atoms with Crippen LogP contribution in [0, 0.1) is 11.8 Å². The van der Waals surface area contributed by atoms with Gasteiger partial charge in [0.2, 0.25) is 12.1 Å². The van der Waals surface area contributed by atoms with Crippen LogP contribution in [0.25, 0.3) is 0 Å². The van der Waals surface area contributed by atoms with E-state index >= 15 is 0 Å². The first-order valence-electron chi connectivity index (χ1n) is 15.6. The van der Waals surface area contributed by atoms with Crippen molar-refractivity contribution in [1.82, 2.24) is 0 Å². The Kier molecular flexibility index (Phi) is 15.9. The molecule has 2 heterocycles. The van der Waals surface area contributed by atoms with E-state index < -0.39 is 92.5 Å². The van der Waals surface area contributed by atoms with Gasteiger partial charge in [0.15, 0.2) is 12.2 Å². The maximum Gasteiger partial charge on any atom is 0.306 e. The maximum absolute atomic E-state index is 13.0. The Hall–Kier alpha value is -1.91. The smallest absolute Gasteiger partial charge is 0.306 e. The summed E-state index contributed by atoms with van der Waals surface area (Å²) in [6.07, 6.45) is -8.42. The number of esters is 3. The van der Waals surface area contributed by atoms with E-state index in [0.717, 1.165) is 32.6 Å². The third kappa shape index (κ3) is 10.6. The molecule has 0 spiro atoms. The first-order valence-corrected chi connectivity index (χ1v) is 15.6. The highest BCUT2D eigenvalue weighted by Crippen LogP contribution is 2.37. The van der Waals surface area contributed by atoms with Crippen LogP contribution >= 0.6 is 0 Å². The molecule has 11 atom stereocenters. The van der Waals surface area contributed by atoms with E-state index in [1.165, 1.54) is 0 Å². The van der Waals surface area contributed by atoms with Crippen LogP contribution in [0.15, 0.2) is 0 Å². The van der Waals surface area contributed by atoms with Crippen LogP contribution in [0.2, 0.25) is 0 Å². The summed E-state index contributed by atoms with van der Waals surface area (Å²) < 4.78 is 33.4. The molecule has 44 heavy (non-hydrogen) atoms. The monoisotopic (exact) mass is 636 g/mol. The molecule has 5 N–H and O–H groups in total. The van der Waals surface area contributed by atoms with Crippen molar-refractivity contribution in [1.29, 1.82) is 0 Å². The van der Waals surface area contributed by atoms with Gasteiger partial charge in [0.25, 0.3) is 0 Å². The van der Waals surface area contributed by atoms with E-state index in [1.807, 2.05) is 13.8 Å².